The van der Waals surface area contributed by atoms with Crippen LogP contribution >= 0.6 is 0 Å². The zero-order valence-electron chi connectivity index (χ0n) is 25.9. The van der Waals surface area contributed by atoms with Gasteiger partial charge in [-0.2, -0.15) is 5.10 Å². The molecule has 3 amide bonds. The number of likely N-dealkylation sites (tertiary alicyclic amines) is 1. The fourth-order valence-corrected chi connectivity index (χ4v) is 4.65. The standard InChI is InChI=1S/C31H44N8O4/c1-7-27(36-34-22(2)11-8-9-16-39-21-26(35-37-39)29(41)32-6)33-28(40)20-23-12-10-13-25(19-23)24-14-17-38(18-15-24)30(42)43-31(3,4)5/h7,10,12-13,19,21,24H,1,8-9,11,14-18,20H2,2-6H3,(H,32,41)(H,33,36,40)/b34-22+. The third-order valence-corrected chi connectivity index (χ3v) is 6.90. The maximum absolute atomic E-state index is 12.8. The van der Waals surface area contributed by atoms with Gasteiger partial charge in [0.05, 0.1) is 12.6 Å². The lowest BCUT2D eigenvalue weighted by molar-refractivity contribution is -0.119. The summed E-state index contributed by atoms with van der Waals surface area (Å²) in [6.45, 7) is 13.2. The lowest BCUT2D eigenvalue weighted by Gasteiger charge is -2.33. The van der Waals surface area contributed by atoms with Crippen molar-refractivity contribution in [2.45, 2.75) is 84.3 Å². The number of amides is 3. The van der Waals surface area contributed by atoms with Crippen molar-refractivity contribution in [1.29, 1.82) is 0 Å². The number of nitrogens with zero attached hydrogens (tertiary/aromatic N) is 6. The van der Waals surface area contributed by atoms with E-state index in [0.717, 1.165) is 43.4 Å². The number of hydrogen-bond acceptors (Lipinski definition) is 8. The van der Waals surface area contributed by atoms with Gasteiger partial charge in [-0.25, -0.2) is 4.79 Å². The van der Waals surface area contributed by atoms with Crippen molar-refractivity contribution in [3.63, 3.8) is 0 Å². The van der Waals surface area contributed by atoms with Crippen molar-refractivity contribution in [3.8, 4) is 0 Å². The molecule has 0 radical (unpaired) electrons. The Labute approximate surface area is 253 Å². The van der Waals surface area contributed by atoms with Crippen LogP contribution in [-0.4, -0.2) is 75.1 Å². The molecule has 1 fully saturated rings. The molecule has 1 aliphatic heterocycles. The summed E-state index contributed by atoms with van der Waals surface area (Å²) in [7, 11) is 1.55. The molecule has 2 aromatic rings. The van der Waals surface area contributed by atoms with Gasteiger partial charge in [-0.1, -0.05) is 36.1 Å². The smallest absolute Gasteiger partial charge is 0.410 e. The first-order valence-corrected chi connectivity index (χ1v) is 14.7. The number of aryl methyl sites for hydroxylation is 1. The first-order chi connectivity index (χ1) is 20.5. The highest BCUT2D eigenvalue weighted by atomic mass is 16.6. The number of carbonyl (C=O) groups excluding carboxylic acids is 3. The van der Waals surface area contributed by atoms with E-state index in [1.54, 1.807) is 22.8 Å². The van der Waals surface area contributed by atoms with Gasteiger partial charge in [0.25, 0.3) is 5.91 Å². The van der Waals surface area contributed by atoms with Gasteiger partial charge in [-0.3, -0.25) is 14.3 Å². The van der Waals surface area contributed by atoms with Gasteiger partial charge in [0.2, 0.25) is 5.91 Å². The highest BCUT2D eigenvalue weighted by Gasteiger charge is 2.27. The SMILES string of the molecule is C=C/C(=N\N=C(/C)CCCCn1cc(C(=O)NC)nn1)NC(=O)Cc1cccc(C2CCN(C(=O)OC(C)(C)C)CC2)c1. The molecule has 0 aliphatic carbocycles. The van der Waals surface area contributed by atoms with Crippen LogP contribution in [0.2, 0.25) is 0 Å². The van der Waals surface area contributed by atoms with Crippen molar-refractivity contribution >= 4 is 29.5 Å². The van der Waals surface area contributed by atoms with E-state index in [-0.39, 0.29) is 24.3 Å². The van der Waals surface area contributed by atoms with E-state index in [1.165, 1.54) is 11.6 Å². The third-order valence-electron chi connectivity index (χ3n) is 6.90. The normalized spacial score (nSPS) is 14.8. The van der Waals surface area contributed by atoms with E-state index in [2.05, 4.69) is 49.9 Å². The quantitative estimate of drug-likeness (QED) is 0.173. The van der Waals surface area contributed by atoms with Crippen LogP contribution < -0.4 is 10.6 Å². The molecular formula is C31H44N8O4. The predicted molar refractivity (Wildman–Crippen MR) is 166 cm³/mol. The summed E-state index contributed by atoms with van der Waals surface area (Å²) in [5.41, 5.74) is 2.68. The molecule has 2 N–H and O–H groups in total. The number of aromatic nitrogens is 3. The van der Waals surface area contributed by atoms with Crippen LogP contribution in [0.3, 0.4) is 0 Å². The van der Waals surface area contributed by atoms with Gasteiger partial charge in [0, 0.05) is 32.4 Å². The Hall–Kier alpha value is -4.35. The van der Waals surface area contributed by atoms with Crippen molar-refractivity contribution < 1.29 is 19.1 Å². The second-order valence-electron chi connectivity index (χ2n) is 11.6. The van der Waals surface area contributed by atoms with Crippen LogP contribution in [0.15, 0.2) is 53.3 Å². The Bertz CT molecular complexity index is 1330. The summed E-state index contributed by atoms with van der Waals surface area (Å²) in [5.74, 6) is 0.145. The van der Waals surface area contributed by atoms with Crippen LogP contribution in [-0.2, 0) is 22.5 Å². The third kappa shape index (κ3) is 11.1. The second-order valence-corrected chi connectivity index (χ2v) is 11.6. The highest BCUT2D eigenvalue weighted by Crippen LogP contribution is 2.29. The molecule has 0 saturated carbocycles. The first kappa shape index (κ1) is 33.2. The number of unbranched alkanes of at least 4 members (excludes halogenated alkanes) is 1. The minimum absolute atomic E-state index is 0.198. The number of nitrogens with one attached hydrogen (secondary N) is 2. The fourth-order valence-electron chi connectivity index (χ4n) is 4.65. The molecule has 12 nitrogen and oxygen atoms in total. The Morgan fingerprint density at radius 3 is 2.58 bits per heavy atom. The monoisotopic (exact) mass is 592 g/mol. The largest absolute Gasteiger partial charge is 0.444 e. The number of hydrogen-bond donors (Lipinski definition) is 2. The Kier molecular flexibility index (Phi) is 12.2. The molecule has 1 aliphatic rings. The van der Waals surface area contributed by atoms with Crippen LogP contribution in [0.1, 0.15) is 87.3 Å². The molecule has 2 heterocycles. The molecular weight excluding hydrogens is 548 g/mol. The minimum Gasteiger partial charge on any atom is -0.444 e. The number of benzene rings is 1. The topological polar surface area (TPSA) is 143 Å². The van der Waals surface area contributed by atoms with E-state index < -0.39 is 5.60 Å². The van der Waals surface area contributed by atoms with Crippen molar-refractivity contribution in [2.24, 2.45) is 10.2 Å². The number of amidine groups is 1. The van der Waals surface area contributed by atoms with E-state index in [4.69, 9.17) is 4.74 Å². The average Bonchev–Trinajstić information content (AvgIpc) is 3.45. The van der Waals surface area contributed by atoms with E-state index in [0.29, 0.717) is 37.1 Å². The van der Waals surface area contributed by atoms with Gasteiger partial charge in [-0.05, 0) is 82.9 Å². The molecule has 1 saturated heterocycles. The molecule has 1 aromatic heterocycles. The lowest BCUT2D eigenvalue weighted by atomic mass is 9.88. The summed E-state index contributed by atoms with van der Waals surface area (Å²) >= 11 is 0. The summed E-state index contributed by atoms with van der Waals surface area (Å²) in [6.07, 6.45) is 7.13. The van der Waals surface area contributed by atoms with Crippen molar-refractivity contribution in [1.82, 2.24) is 30.5 Å². The summed E-state index contributed by atoms with van der Waals surface area (Å²) in [4.78, 5) is 38.5. The lowest BCUT2D eigenvalue weighted by Crippen LogP contribution is -2.41. The van der Waals surface area contributed by atoms with Crippen LogP contribution in [0.25, 0.3) is 0 Å². The Morgan fingerprint density at radius 2 is 1.91 bits per heavy atom. The molecule has 232 valence electrons. The molecule has 0 bridgehead atoms. The maximum atomic E-state index is 12.8. The van der Waals surface area contributed by atoms with Gasteiger partial charge in [0.1, 0.15) is 5.60 Å². The van der Waals surface area contributed by atoms with Gasteiger partial charge >= 0.3 is 6.09 Å². The van der Waals surface area contributed by atoms with Crippen LogP contribution in [0.4, 0.5) is 4.79 Å². The van der Waals surface area contributed by atoms with E-state index in [9.17, 15) is 14.4 Å². The zero-order valence-corrected chi connectivity index (χ0v) is 25.9. The first-order valence-electron chi connectivity index (χ1n) is 14.7. The number of ether oxygens (including phenoxy) is 1. The molecule has 3 rings (SSSR count). The predicted octanol–water partition coefficient (Wildman–Crippen LogP) is 4.24. The van der Waals surface area contributed by atoms with Crippen LogP contribution in [0, 0.1) is 0 Å². The minimum atomic E-state index is -0.508. The van der Waals surface area contributed by atoms with E-state index >= 15 is 0 Å². The number of piperidine rings is 1. The molecule has 0 unspecified atom stereocenters. The van der Waals surface area contributed by atoms with Crippen molar-refractivity contribution in [2.75, 3.05) is 20.1 Å². The summed E-state index contributed by atoms with van der Waals surface area (Å²) in [5, 5.41) is 21.5. The average molecular weight is 593 g/mol. The molecule has 12 heteroatoms. The Balaban J connectivity index is 1.44. The van der Waals surface area contributed by atoms with Gasteiger partial charge in [-0.15, -0.1) is 10.2 Å². The molecule has 0 atom stereocenters. The maximum Gasteiger partial charge on any atom is 0.410 e. The van der Waals surface area contributed by atoms with Gasteiger partial charge in [0.15, 0.2) is 11.5 Å². The summed E-state index contributed by atoms with van der Waals surface area (Å²) in [6, 6.07) is 8.05. The Morgan fingerprint density at radius 1 is 1.16 bits per heavy atom. The fraction of sp³-hybridized carbons (Fsp3) is 0.516. The zero-order chi connectivity index (χ0) is 31.4. The van der Waals surface area contributed by atoms with Crippen molar-refractivity contribution in [3.05, 3.63) is 59.9 Å². The van der Waals surface area contributed by atoms with Gasteiger partial charge < -0.3 is 20.3 Å². The molecule has 0 spiro atoms. The van der Waals surface area contributed by atoms with E-state index in [1.807, 2.05) is 39.8 Å². The second kappa shape index (κ2) is 15.8. The number of carbonyl (C=O) groups is 3. The summed E-state index contributed by atoms with van der Waals surface area (Å²) < 4.78 is 7.15. The molecule has 1 aromatic carbocycles. The van der Waals surface area contributed by atoms with Crippen LogP contribution in [0.5, 0.6) is 0 Å². The molecule has 43 heavy (non-hydrogen) atoms. The number of rotatable bonds is 11. The highest BCUT2D eigenvalue weighted by molar-refractivity contribution is 6.04.